The summed E-state index contributed by atoms with van der Waals surface area (Å²) in [4.78, 5) is 15.9. The van der Waals surface area contributed by atoms with Crippen molar-refractivity contribution in [2.24, 2.45) is 5.84 Å². The molecule has 7 nitrogen and oxygen atoms in total. The maximum absolute atomic E-state index is 11.9. The summed E-state index contributed by atoms with van der Waals surface area (Å²) in [6.45, 7) is 1.97. The summed E-state index contributed by atoms with van der Waals surface area (Å²) in [7, 11) is 0. The molecule has 0 spiro atoms. The molecule has 0 saturated carbocycles. The van der Waals surface area contributed by atoms with E-state index in [-0.39, 0.29) is 10.9 Å². The highest BCUT2D eigenvalue weighted by molar-refractivity contribution is 7.15. The van der Waals surface area contributed by atoms with Gasteiger partial charge >= 0.3 is 0 Å². The number of hydrogen-bond donors (Lipinski definition) is 3. The van der Waals surface area contributed by atoms with Crippen molar-refractivity contribution in [2.75, 3.05) is 10.7 Å². The zero-order valence-electron chi connectivity index (χ0n) is 9.98. The molecule has 0 unspecified atom stereocenters. The second-order valence-corrected chi connectivity index (χ2v) is 4.98. The van der Waals surface area contributed by atoms with Crippen LogP contribution >= 0.6 is 22.9 Å². The first-order chi connectivity index (χ1) is 9.13. The van der Waals surface area contributed by atoms with Crippen LogP contribution in [-0.4, -0.2) is 21.1 Å². The number of anilines is 2. The van der Waals surface area contributed by atoms with Gasteiger partial charge in [-0.15, -0.1) is 10.2 Å². The number of nitrogens with two attached hydrogens (primary N) is 1. The van der Waals surface area contributed by atoms with E-state index >= 15 is 0 Å². The van der Waals surface area contributed by atoms with Gasteiger partial charge in [0.15, 0.2) is 5.82 Å². The van der Waals surface area contributed by atoms with Crippen molar-refractivity contribution in [1.82, 2.24) is 15.2 Å². The Kier molecular flexibility index (Phi) is 4.25. The number of nitrogens with one attached hydrogen (secondary N) is 2. The van der Waals surface area contributed by atoms with Gasteiger partial charge in [0.05, 0.1) is 10.6 Å². The highest BCUT2D eigenvalue weighted by Crippen LogP contribution is 2.20. The van der Waals surface area contributed by atoms with Gasteiger partial charge in [0.2, 0.25) is 5.13 Å². The van der Waals surface area contributed by atoms with Gasteiger partial charge in [-0.2, -0.15) is 0 Å². The first-order valence-electron chi connectivity index (χ1n) is 5.40. The minimum absolute atomic E-state index is 0.265. The first-order valence-corrected chi connectivity index (χ1v) is 6.59. The zero-order valence-corrected chi connectivity index (χ0v) is 11.5. The molecule has 0 radical (unpaired) electrons. The monoisotopic (exact) mass is 298 g/mol. The molecule has 9 heteroatoms. The molecule has 100 valence electrons. The molecule has 0 saturated heterocycles. The van der Waals surface area contributed by atoms with Gasteiger partial charge in [0.1, 0.15) is 5.01 Å². The van der Waals surface area contributed by atoms with E-state index in [0.29, 0.717) is 16.5 Å². The number of halogens is 1. The third kappa shape index (κ3) is 3.16. The largest absolute Gasteiger partial charge is 0.307 e. The fourth-order valence-electron chi connectivity index (χ4n) is 1.28. The summed E-state index contributed by atoms with van der Waals surface area (Å²) in [5, 5.41) is 12.0. The molecule has 2 aromatic heterocycles. The number of aryl methyl sites for hydroxylation is 1. The molecule has 2 rings (SSSR count). The molecular formula is C10H11ClN6OS. The summed E-state index contributed by atoms with van der Waals surface area (Å²) in [6.07, 6.45) is 2.15. The van der Waals surface area contributed by atoms with Crippen LogP contribution in [0.3, 0.4) is 0 Å². The van der Waals surface area contributed by atoms with Crippen LogP contribution in [0.15, 0.2) is 12.3 Å². The van der Waals surface area contributed by atoms with Crippen molar-refractivity contribution in [1.29, 1.82) is 0 Å². The van der Waals surface area contributed by atoms with E-state index in [9.17, 15) is 4.79 Å². The van der Waals surface area contributed by atoms with E-state index in [2.05, 4.69) is 25.9 Å². The Morgan fingerprint density at radius 1 is 1.53 bits per heavy atom. The lowest BCUT2D eigenvalue weighted by Crippen LogP contribution is -2.14. The summed E-state index contributed by atoms with van der Waals surface area (Å²) in [5.41, 5.74) is 2.64. The van der Waals surface area contributed by atoms with Gasteiger partial charge in [-0.3, -0.25) is 10.1 Å². The number of nitrogens with zero attached hydrogens (tertiary/aromatic N) is 3. The number of aromatic nitrogens is 3. The summed E-state index contributed by atoms with van der Waals surface area (Å²) >= 11 is 7.22. The highest BCUT2D eigenvalue weighted by atomic mass is 35.5. The van der Waals surface area contributed by atoms with Gasteiger partial charge in [-0.25, -0.2) is 10.8 Å². The minimum atomic E-state index is -0.350. The number of nitrogen functional groups attached to an aromatic ring is 1. The number of pyridine rings is 1. The number of hydrazine groups is 1. The molecule has 2 aromatic rings. The first kappa shape index (κ1) is 13.7. The lowest BCUT2D eigenvalue weighted by molar-refractivity contribution is 0.102. The van der Waals surface area contributed by atoms with E-state index in [1.54, 1.807) is 0 Å². The van der Waals surface area contributed by atoms with Crippen LogP contribution in [0.2, 0.25) is 5.02 Å². The van der Waals surface area contributed by atoms with E-state index in [0.717, 1.165) is 11.4 Å². The number of hydrogen-bond acceptors (Lipinski definition) is 7. The molecule has 19 heavy (non-hydrogen) atoms. The fraction of sp³-hybridized carbons (Fsp3) is 0.200. The quantitative estimate of drug-likeness (QED) is 0.586. The SMILES string of the molecule is CCc1nnc(NC(=O)c2cnc(NN)c(Cl)c2)s1. The molecule has 0 fully saturated rings. The van der Waals surface area contributed by atoms with Crippen molar-refractivity contribution in [3.8, 4) is 0 Å². The Morgan fingerprint density at radius 2 is 2.32 bits per heavy atom. The van der Waals surface area contributed by atoms with E-state index < -0.39 is 0 Å². The predicted molar refractivity (Wildman–Crippen MR) is 74.3 cm³/mol. The average Bonchev–Trinajstić information content (AvgIpc) is 2.86. The van der Waals surface area contributed by atoms with E-state index in [1.165, 1.54) is 23.6 Å². The zero-order chi connectivity index (χ0) is 13.8. The Balaban J connectivity index is 2.13. The maximum atomic E-state index is 11.9. The second-order valence-electron chi connectivity index (χ2n) is 3.51. The fourth-order valence-corrected chi connectivity index (χ4v) is 2.18. The van der Waals surface area contributed by atoms with Crippen LogP contribution in [0.4, 0.5) is 10.9 Å². The lowest BCUT2D eigenvalue weighted by Gasteiger charge is -2.04. The van der Waals surface area contributed by atoms with Gasteiger partial charge in [-0.1, -0.05) is 29.9 Å². The summed E-state index contributed by atoms with van der Waals surface area (Å²) in [5.74, 6) is 5.16. The maximum Gasteiger partial charge on any atom is 0.259 e. The number of carbonyl (C=O) groups excluding carboxylic acids is 1. The van der Waals surface area contributed by atoms with Crippen LogP contribution in [0, 0.1) is 0 Å². The molecule has 0 aromatic carbocycles. The van der Waals surface area contributed by atoms with Crippen molar-refractivity contribution in [2.45, 2.75) is 13.3 Å². The topological polar surface area (TPSA) is 106 Å². The number of amides is 1. The molecule has 0 aliphatic carbocycles. The molecule has 0 bridgehead atoms. The molecule has 0 atom stereocenters. The molecule has 1 amide bonds. The van der Waals surface area contributed by atoms with E-state index in [4.69, 9.17) is 17.4 Å². The van der Waals surface area contributed by atoms with Gasteiger partial charge in [0, 0.05) is 6.20 Å². The Labute approximate surface area is 118 Å². The molecule has 2 heterocycles. The van der Waals surface area contributed by atoms with Gasteiger partial charge in [-0.05, 0) is 12.5 Å². The molecule has 0 aliphatic rings. The van der Waals surface area contributed by atoms with E-state index in [1.807, 2.05) is 6.92 Å². The van der Waals surface area contributed by atoms with Crippen molar-refractivity contribution in [3.63, 3.8) is 0 Å². The normalized spacial score (nSPS) is 10.3. The van der Waals surface area contributed by atoms with Crippen LogP contribution in [0.25, 0.3) is 0 Å². The Morgan fingerprint density at radius 3 is 2.89 bits per heavy atom. The van der Waals surface area contributed by atoms with Crippen molar-refractivity contribution < 1.29 is 4.79 Å². The van der Waals surface area contributed by atoms with Crippen LogP contribution in [0.5, 0.6) is 0 Å². The van der Waals surface area contributed by atoms with Crippen LogP contribution in [-0.2, 0) is 6.42 Å². The van der Waals surface area contributed by atoms with Gasteiger partial charge < -0.3 is 5.43 Å². The standard InChI is InChI=1S/C10H11ClN6OS/c1-2-7-16-17-10(19-7)14-9(18)5-3-6(11)8(15-12)13-4-5/h3-4H,2,12H2,1H3,(H,13,15)(H,14,17,18). The van der Waals surface area contributed by atoms with Crippen molar-refractivity contribution >= 4 is 39.8 Å². The molecule has 4 N–H and O–H groups in total. The average molecular weight is 299 g/mol. The Hall–Kier alpha value is -1.77. The third-order valence-corrected chi connectivity index (χ3v) is 3.50. The predicted octanol–water partition coefficient (Wildman–Crippen LogP) is 1.69. The third-order valence-electron chi connectivity index (χ3n) is 2.23. The van der Waals surface area contributed by atoms with Crippen molar-refractivity contribution in [3.05, 3.63) is 27.9 Å². The number of carbonyl (C=O) groups is 1. The molecule has 0 aliphatic heterocycles. The minimum Gasteiger partial charge on any atom is -0.307 e. The Bertz CT molecular complexity index is 601. The van der Waals surface area contributed by atoms with Crippen LogP contribution < -0.4 is 16.6 Å². The lowest BCUT2D eigenvalue weighted by atomic mass is 10.2. The molecular weight excluding hydrogens is 288 g/mol. The highest BCUT2D eigenvalue weighted by Gasteiger charge is 2.12. The number of rotatable bonds is 4. The van der Waals surface area contributed by atoms with Crippen LogP contribution in [0.1, 0.15) is 22.3 Å². The summed E-state index contributed by atoms with van der Waals surface area (Å²) < 4.78 is 0. The smallest absolute Gasteiger partial charge is 0.259 e. The van der Waals surface area contributed by atoms with Gasteiger partial charge in [0.25, 0.3) is 5.91 Å². The second kappa shape index (κ2) is 5.91. The summed E-state index contributed by atoms with van der Waals surface area (Å²) in [6, 6.07) is 1.47.